The maximum atomic E-state index is 12.5. The van der Waals surface area contributed by atoms with Gasteiger partial charge in [-0.25, -0.2) is 4.98 Å². The summed E-state index contributed by atoms with van der Waals surface area (Å²) >= 11 is 2.65. The molecule has 0 fully saturated rings. The van der Waals surface area contributed by atoms with Crippen LogP contribution < -0.4 is 10.1 Å². The second kappa shape index (κ2) is 9.49. The third kappa shape index (κ3) is 4.81. The number of benzene rings is 2. The van der Waals surface area contributed by atoms with Gasteiger partial charge < -0.3 is 10.1 Å². The van der Waals surface area contributed by atoms with E-state index in [1.165, 1.54) is 28.7 Å². The van der Waals surface area contributed by atoms with Gasteiger partial charge in [0.1, 0.15) is 11.4 Å². The number of anilines is 1. The van der Waals surface area contributed by atoms with Crippen LogP contribution in [0.1, 0.15) is 16.7 Å². The van der Waals surface area contributed by atoms with E-state index in [0.29, 0.717) is 16.0 Å². The quantitative estimate of drug-likeness (QED) is 0.402. The molecule has 164 valence electrons. The summed E-state index contributed by atoms with van der Waals surface area (Å²) in [6.45, 7) is 6.08. The molecular weight excluding hydrogens is 444 g/mol. The number of rotatable bonds is 7. The van der Waals surface area contributed by atoms with Crippen molar-refractivity contribution in [3.63, 3.8) is 0 Å². The molecule has 0 radical (unpaired) electrons. The lowest BCUT2D eigenvalue weighted by Crippen LogP contribution is -2.14. The van der Waals surface area contributed by atoms with Crippen molar-refractivity contribution in [3.05, 3.63) is 58.5 Å². The maximum absolute atomic E-state index is 12.5. The lowest BCUT2D eigenvalue weighted by atomic mass is 10.0. The molecule has 0 spiro atoms. The van der Waals surface area contributed by atoms with Gasteiger partial charge in [-0.15, -0.1) is 16.4 Å². The predicted octanol–water partition coefficient (Wildman–Crippen LogP) is 4.45. The molecule has 0 aliphatic heterocycles. The molecule has 2 aromatic heterocycles. The van der Waals surface area contributed by atoms with Crippen LogP contribution in [-0.2, 0) is 4.79 Å². The van der Waals surface area contributed by atoms with Crippen molar-refractivity contribution >= 4 is 34.1 Å². The molecule has 2 heterocycles. The standard InChI is InChI=1S/C22H22N6O2S2/c1-13-5-7-15(3)16(9-13)17-11-31-21(23-17)24-20(29)12-32-22-25-26-27-28(22)18-10-14(2)6-8-19(18)30-4/h5-11H,12H2,1-4H3,(H,23,24,29). The van der Waals surface area contributed by atoms with Gasteiger partial charge in [-0.05, 0) is 60.5 Å². The third-order valence-corrected chi connectivity index (χ3v) is 6.43. The fourth-order valence-electron chi connectivity index (χ4n) is 3.14. The van der Waals surface area contributed by atoms with Crippen LogP contribution in [0.5, 0.6) is 5.75 Å². The molecule has 0 bridgehead atoms. The second-order valence-electron chi connectivity index (χ2n) is 7.24. The Kier molecular flexibility index (Phi) is 6.52. The zero-order chi connectivity index (χ0) is 22.7. The number of nitrogens with zero attached hydrogens (tertiary/aromatic N) is 5. The van der Waals surface area contributed by atoms with Gasteiger partial charge in [0.25, 0.3) is 0 Å². The largest absolute Gasteiger partial charge is 0.494 e. The Bertz CT molecular complexity index is 1270. The van der Waals surface area contributed by atoms with Crippen LogP contribution in [0.2, 0.25) is 0 Å². The van der Waals surface area contributed by atoms with Crippen LogP contribution in [0, 0.1) is 20.8 Å². The van der Waals surface area contributed by atoms with E-state index in [4.69, 9.17) is 4.74 Å². The molecule has 2 aromatic carbocycles. The Labute approximate surface area is 194 Å². The van der Waals surface area contributed by atoms with Gasteiger partial charge in [-0.1, -0.05) is 35.5 Å². The van der Waals surface area contributed by atoms with Crippen LogP contribution in [0.4, 0.5) is 5.13 Å². The second-order valence-corrected chi connectivity index (χ2v) is 9.04. The van der Waals surface area contributed by atoms with Crippen molar-refractivity contribution in [2.75, 3.05) is 18.2 Å². The smallest absolute Gasteiger partial charge is 0.236 e. The maximum Gasteiger partial charge on any atom is 0.236 e. The fourth-order valence-corrected chi connectivity index (χ4v) is 4.55. The molecule has 10 heteroatoms. The van der Waals surface area contributed by atoms with Gasteiger partial charge in [0.05, 0.1) is 18.6 Å². The number of nitrogens with one attached hydrogen (secondary N) is 1. The Morgan fingerprint density at radius 3 is 2.75 bits per heavy atom. The Morgan fingerprint density at radius 1 is 1.16 bits per heavy atom. The van der Waals surface area contributed by atoms with Crippen LogP contribution >= 0.6 is 23.1 Å². The fraction of sp³-hybridized carbons (Fsp3) is 0.227. The number of thiazole rings is 1. The van der Waals surface area contributed by atoms with Gasteiger partial charge in [-0.3, -0.25) is 4.79 Å². The van der Waals surface area contributed by atoms with Crippen LogP contribution in [0.15, 0.2) is 46.9 Å². The van der Waals surface area contributed by atoms with Gasteiger partial charge in [0.15, 0.2) is 5.13 Å². The lowest BCUT2D eigenvalue weighted by Gasteiger charge is -2.10. The molecule has 32 heavy (non-hydrogen) atoms. The summed E-state index contributed by atoms with van der Waals surface area (Å²) in [6, 6.07) is 12.0. The molecule has 4 aromatic rings. The molecule has 8 nitrogen and oxygen atoms in total. The summed E-state index contributed by atoms with van der Waals surface area (Å²) in [5.41, 5.74) is 6.01. The first-order chi connectivity index (χ1) is 15.4. The molecule has 1 amide bonds. The summed E-state index contributed by atoms with van der Waals surface area (Å²) in [7, 11) is 1.60. The topological polar surface area (TPSA) is 94.8 Å². The number of tetrazole rings is 1. The highest BCUT2D eigenvalue weighted by molar-refractivity contribution is 7.99. The van der Waals surface area contributed by atoms with Crippen molar-refractivity contribution in [2.24, 2.45) is 0 Å². The third-order valence-electron chi connectivity index (χ3n) is 4.76. The van der Waals surface area contributed by atoms with Crippen LogP contribution in [0.25, 0.3) is 16.9 Å². The number of amides is 1. The molecule has 0 unspecified atom stereocenters. The number of methoxy groups -OCH3 is 1. The number of hydrogen-bond acceptors (Lipinski definition) is 8. The van der Waals surface area contributed by atoms with E-state index in [0.717, 1.165) is 28.1 Å². The lowest BCUT2D eigenvalue weighted by molar-refractivity contribution is -0.113. The minimum absolute atomic E-state index is 0.146. The minimum Gasteiger partial charge on any atom is -0.494 e. The Hall–Kier alpha value is -3.24. The monoisotopic (exact) mass is 466 g/mol. The van der Waals surface area contributed by atoms with E-state index >= 15 is 0 Å². The first-order valence-electron chi connectivity index (χ1n) is 9.84. The molecule has 0 aliphatic carbocycles. The van der Waals surface area contributed by atoms with Crippen molar-refractivity contribution in [3.8, 4) is 22.7 Å². The Morgan fingerprint density at radius 2 is 1.94 bits per heavy atom. The normalized spacial score (nSPS) is 10.9. The van der Waals surface area contributed by atoms with Gasteiger partial charge in [0, 0.05) is 10.9 Å². The van der Waals surface area contributed by atoms with Crippen molar-refractivity contribution in [1.82, 2.24) is 25.2 Å². The van der Waals surface area contributed by atoms with Gasteiger partial charge >= 0.3 is 0 Å². The molecule has 0 saturated carbocycles. The highest BCUT2D eigenvalue weighted by Gasteiger charge is 2.16. The van der Waals surface area contributed by atoms with Gasteiger partial charge in [0.2, 0.25) is 11.1 Å². The number of hydrogen-bond donors (Lipinski definition) is 1. The number of carbonyl (C=O) groups is 1. The van der Waals surface area contributed by atoms with E-state index in [-0.39, 0.29) is 11.7 Å². The van der Waals surface area contributed by atoms with E-state index < -0.39 is 0 Å². The number of carbonyl (C=O) groups excluding carboxylic acids is 1. The Balaban J connectivity index is 1.43. The zero-order valence-corrected chi connectivity index (χ0v) is 19.8. The average Bonchev–Trinajstić information content (AvgIpc) is 3.43. The molecule has 0 aliphatic rings. The highest BCUT2D eigenvalue weighted by Crippen LogP contribution is 2.29. The van der Waals surface area contributed by atoms with E-state index in [1.54, 1.807) is 11.8 Å². The summed E-state index contributed by atoms with van der Waals surface area (Å²) in [5, 5.41) is 17.8. The molecule has 0 saturated heterocycles. The number of thioether (sulfide) groups is 1. The van der Waals surface area contributed by atoms with Crippen molar-refractivity contribution in [2.45, 2.75) is 25.9 Å². The van der Waals surface area contributed by atoms with E-state index in [1.807, 2.05) is 30.5 Å². The summed E-state index contributed by atoms with van der Waals surface area (Å²) in [6.07, 6.45) is 0. The SMILES string of the molecule is COc1ccc(C)cc1-n1nnnc1SCC(=O)Nc1nc(-c2cc(C)ccc2C)cs1. The van der Waals surface area contributed by atoms with Gasteiger partial charge in [-0.2, -0.15) is 4.68 Å². The summed E-state index contributed by atoms with van der Waals surface area (Å²) < 4.78 is 7.00. The summed E-state index contributed by atoms with van der Waals surface area (Å²) in [5.74, 6) is 0.617. The molecule has 1 N–H and O–H groups in total. The van der Waals surface area contributed by atoms with Crippen molar-refractivity contribution < 1.29 is 9.53 Å². The molecule has 4 rings (SSSR count). The van der Waals surface area contributed by atoms with E-state index in [9.17, 15) is 4.79 Å². The minimum atomic E-state index is -0.178. The summed E-state index contributed by atoms with van der Waals surface area (Å²) in [4.78, 5) is 17.1. The highest BCUT2D eigenvalue weighted by atomic mass is 32.2. The number of aryl methyl sites for hydroxylation is 3. The number of aromatic nitrogens is 5. The number of ether oxygens (including phenoxy) is 1. The first kappa shape index (κ1) is 22.0. The zero-order valence-electron chi connectivity index (χ0n) is 18.1. The predicted molar refractivity (Wildman–Crippen MR) is 127 cm³/mol. The average molecular weight is 467 g/mol. The van der Waals surface area contributed by atoms with Crippen LogP contribution in [0.3, 0.4) is 0 Å². The van der Waals surface area contributed by atoms with Crippen molar-refractivity contribution in [1.29, 1.82) is 0 Å². The molecule has 0 atom stereocenters. The first-order valence-corrected chi connectivity index (χ1v) is 11.7. The molecular formula is C22H22N6O2S2. The van der Waals surface area contributed by atoms with Crippen LogP contribution in [-0.4, -0.2) is 44.0 Å². The van der Waals surface area contributed by atoms with E-state index in [2.05, 4.69) is 57.9 Å².